The number of nitrogens with one attached hydrogen (secondary N) is 3. The van der Waals surface area contributed by atoms with Gasteiger partial charge in [-0.15, -0.1) is 0 Å². The van der Waals surface area contributed by atoms with Gasteiger partial charge < -0.3 is 21.4 Å². The second-order valence-electron chi connectivity index (χ2n) is 6.86. The largest absolute Gasteiger partial charge is 0.365 e. The van der Waals surface area contributed by atoms with Crippen LogP contribution in [0, 0.1) is 5.82 Å². The fraction of sp³-hybridized carbons (Fsp3) is 0.333. The predicted molar refractivity (Wildman–Crippen MR) is 104 cm³/mol. The highest BCUT2D eigenvalue weighted by Crippen LogP contribution is 2.29. The van der Waals surface area contributed by atoms with Crippen LogP contribution in [0.3, 0.4) is 0 Å². The minimum atomic E-state index is -0.548. The van der Waals surface area contributed by atoms with Crippen LogP contribution in [0.2, 0.25) is 5.02 Å². The van der Waals surface area contributed by atoms with Crippen LogP contribution < -0.4 is 16.4 Å². The van der Waals surface area contributed by atoms with E-state index in [0.717, 1.165) is 30.8 Å². The third-order valence-electron chi connectivity index (χ3n) is 4.84. The van der Waals surface area contributed by atoms with E-state index in [2.05, 4.69) is 30.6 Å². The number of amides is 2. The van der Waals surface area contributed by atoms with Gasteiger partial charge in [-0.3, -0.25) is 0 Å². The summed E-state index contributed by atoms with van der Waals surface area (Å²) in [7, 11) is 0. The molecule has 2 amide bonds. The lowest BCUT2D eigenvalue weighted by Gasteiger charge is -2.30. The second kappa shape index (κ2) is 7.59. The van der Waals surface area contributed by atoms with Crippen molar-refractivity contribution in [2.24, 2.45) is 5.73 Å². The number of anilines is 1. The van der Waals surface area contributed by atoms with Gasteiger partial charge in [-0.25, -0.2) is 24.1 Å². The van der Waals surface area contributed by atoms with Crippen LogP contribution in [-0.2, 0) is 0 Å². The van der Waals surface area contributed by atoms with E-state index in [0.29, 0.717) is 28.5 Å². The highest BCUT2D eigenvalue weighted by Gasteiger charge is 2.24. The van der Waals surface area contributed by atoms with Gasteiger partial charge in [0.05, 0.1) is 11.2 Å². The van der Waals surface area contributed by atoms with Crippen LogP contribution in [0.5, 0.6) is 0 Å². The number of pyridine rings is 1. The summed E-state index contributed by atoms with van der Waals surface area (Å²) in [4.78, 5) is 26.8. The second-order valence-corrected chi connectivity index (χ2v) is 7.29. The average molecular weight is 404 g/mol. The molecule has 0 saturated heterocycles. The lowest BCUT2D eigenvalue weighted by Crippen LogP contribution is -2.44. The minimum absolute atomic E-state index is 0.0260. The molecular formula is C18H19ClFN7O. The number of carbonyl (C=O) groups is 1. The van der Waals surface area contributed by atoms with Gasteiger partial charge in [0.15, 0.2) is 17.5 Å². The van der Waals surface area contributed by atoms with Crippen LogP contribution in [-0.4, -0.2) is 38.1 Å². The Kier molecular flexibility index (Phi) is 4.99. The van der Waals surface area contributed by atoms with Gasteiger partial charge in [0.1, 0.15) is 5.65 Å². The smallest absolute Gasteiger partial charge is 0.312 e. The number of urea groups is 1. The summed E-state index contributed by atoms with van der Waals surface area (Å²) in [6, 6.07) is 1.15. The molecular weight excluding hydrogens is 385 g/mol. The number of halogens is 2. The molecule has 3 aromatic heterocycles. The molecule has 3 heterocycles. The number of aromatic amines is 1. The highest BCUT2D eigenvalue weighted by atomic mass is 35.5. The fourth-order valence-electron chi connectivity index (χ4n) is 3.61. The summed E-state index contributed by atoms with van der Waals surface area (Å²) in [5.74, 6) is -0.0503. The van der Waals surface area contributed by atoms with Gasteiger partial charge in [-0.05, 0) is 31.7 Å². The first-order valence-electron chi connectivity index (χ1n) is 8.97. The molecule has 0 spiro atoms. The molecule has 1 fully saturated rings. The Morgan fingerprint density at radius 1 is 1.29 bits per heavy atom. The highest BCUT2D eigenvalue weighted by molar-refractivity contribution is 6.31. The van der Waals surface area contributed by atoms with Crippen molar-refractivity contribution in [3.63, 3.8) is 0 Å². The molecule has 1 saturated carbocycles. The van der Waals surface area contributed by atoms with E-state index in [1.165, 1.54) is 0 Å². The number of fused-ring (bicyclic) bond motifs is 1. The van der Waals surface area contributed by atoms with E-state index in [4.69, 9.17) is 17.3 Å². The third kappa shape index (κ3) is 3.84. The number of nitrogens with zero attached hydrogens (tertiary/aromatic N) is 3. The van der Waals surface area contributed by atoms with Crippen LogP contribution in [0.25, 0.3) is 22.4 Å². The Balaban J connectivity index is 1.59. The Morgan fingerprint density at radius 2 is 2.11 bits per heavy atom. The van der Waals surface area contributed by atoms with Crippen molar-refractivity contribution in [2.45, 2.75) is 37.8 Å². The van der Waals surface area contributed by atoms with Gasteiger partial charge in [-0.2, -0.15) is 0 Å². The van der Waals surface area contributed by atoms with E-state index in [-0.39, 0.29) is 17.9 Å². The zero-order valence-electron chi connectivity index (χ0n) is 14.9. The number of hydrogen-bond donors (Lipinski definition) is 4. The molecule has 3 aromatic rings. The maximum atomic E-state index is 14.3. The van der Waals surface area contributed by atoms with Crippen molar-refractivity contribution in [3.8, 4) is 11.4 Å². The Hall–Kier alpha value is -2.94. The minimum Gasteiger partial charge on any atom is -0.365 e. The summed E-state index contributed by atoms with van der Waals surface area (Å²) in [5, 5.41) is 7.11. The number of aromatic nitrogens is 4. The lowest BCUT2D eigenvalue weighted by molar-refractivity contribution is 0.240. The van der Waals surface area contributed by atoms with Gasteiger partial charge in [-0.1, -0.05) is 11.6 Å². The molecule has 1 aliphatic rings. The van der Waals surface area contributed by atoms with E-state index in [1.54, 1.807) is 18.5 Å². The molecule has 10 heteroatoms. The standard InChI is InChI=1S/C18H19ClFN7O/c19-9-4-12-13(7-23-15(12)22-6-9)16-24-8-14(20)17(27-16)25-10-2-1-3-11(5-10)26-18(21)28/h4,6-8,10-11H,1-3,5H2,(H,22,23)(H3,21,26,28)(H,24,25,27). The number of nitrogens with two attached hydrogens (primary N) is 1. The van der Waals surface area contributed by atoms with Crippen molar-refractivity contribution in [1.82, 2.24) is 25.3 Å². The zero-order chi connectivity index (χ0) is 19.7. The molecule has 5 N–H and O–H groups in total. The Bertz CT molecular complexity index is 1020. The number of primary amides is 1. The zero-order valence-corrected chi connectivity index (χ0v) is 15.6. The summed E-state index contributed by atoms with van der Waals surface area (Å²) in [6.45, 7) is 0. The summed E-state index contributed by atoms with van der Waals surface area (Å²) in [6.07, 6.45) is 7.65. The van der Waals surface area contributed by atoms with Crippen molar-refractivity contribution in [1.29, 1.82) is 0 Å². The summed E-state index contributed by atoms with van der Waals surface area (Å²) < 4.78 is 14.3. The van der Waals surface area contributed by atoms with Crippen molar-refractivity contribution >= 4 is 34.5 Å². The van der Waals surface area contributed by atoms with Gasteiger partial charge >= 0.3 is 6.03 Å². The molecule has 0 radical (unpaired) electrons. The molecule has 0 aliphatic heterocycles. The van der Waals surface area contributed by atoms with Crippen molar-refractivity contribution in [3.05, 3.63) is 35.5 Å². The van der Waals surface area contributed by atoms with Crippen LogP contribution in [0.4, 0.5) is 15.0 Å². The molecule has 28 heavy (non-hydrogen) atoms. The molecule has 2 atom stereocenters. The number of hydrogen-bond acceptors (Lipinski definition) is 5. The van der Waals surface area contributed by atoms with Crippen LogP contribution in [0.1, 0.15) is 25.7 Å². The van der Waals surface area contributed by atoms with Crippen molar-refractivity contribution < 1.29 is 9.18 Å². The molecule has 146 valence electrons. The molecule has 8 nitrogen and oxygen atoms in total. The maximum absolute atomic E-state index is 14.3. The molecule has 0 bridgehead atoms. The predicted octanol–water partition coefficient (Wildman–Crippen LogP) is 3.20. The molecule has 0 aromatic carbocycles. The summed E-state index contributed by atoms with van der Waals surface area (Å²) >= 11 is 6.04. The first kappa shape index (κ1) is 18.4. The normalized spacial score (nSPS) is 19.5. The average Bonchev–Trinajstić information content (AvgIpc) is 3.06. The molecule has 2 unspecified atom stereocenters. The number of H-pyrrole nitrogens is 1. The number of rotatable bonds is 4. The first-order valence-corrected chi connectivity index (χ1v) is 9.35. The van der Waals surface area contributed by atoms with Gasteiger partial charge in [0.2, 0.25) is 0 Å². The van der Waals surface area contributed by atoms with E-state index in [9.17, 15) is 9.18 Å². The quantitative estimate of drug-likeness (QED) is 0.533. The van der Waals surface area contributed by atoms with Crippen LogP contribution in [0.15, 0.2) is 24.7 Å². The van der Waals surface area contributed by atoms with Gasteiger partial charge in [0.25, 0.3) is 0 Å². The Morgan fingerprint density at radius 3 is 2.93 bits per heavy atom. The van der Waals surface area contributed by atoms with E-state index >= 15 is 0 Å². The monoisotopic (exact) mass is 403 g/mol. The maximum Gasteiger partial charge on any atom is 0.312 e. The first-order chi connectivity index (χ1) is 13.5. The van der Waals surface area contributed by atoms with Crippen molar-refractivity contribution in [2.75, 3.05) is 5.32 Å². The van der Waals surface area contributed by atoms with Crippen LogP contribution >= 0.6 is 11.6 Å². The van der Waals surface area contributed by atoms with E-state index < -0.39 is 11.8 Å². The number of carbonyl (C=O) groups excluding carboxylic acids is 1. The lowest BCUT2D eigenvalue weighted by atomic mass is 9.91. The Labute approximate surface area is 165 Å². The summed E-state index contributed by atoms with van der Waals surface area (Å²) in [5.41, 5.74) is 6.54. The fourth-order valence-corrected chi connectivity index (χ4v) is 3.77. The molecule has 4 rings (SSSR count). The van der Waals surface area contributed by atoms with E-state index in [1.807, 2.05) is 0 Å². The molecule has 1 aliphatic carbocycles. The van der Waals surface area contributed by atoms with Gasteiger partial charge in [0, 0.05) is 35.4 Å². The third-order valence-corrected chi connectivity index (χ3v) is 5.05. The topological polar surface area (TPSA) is 122 Å². The SMILES string of the molecule is NC(=O)NC1CCCC(Nc2nc(-c3c[nH]c4ncc(Cl)cc34)ncc2F)C1.